The van der Waals surface area contributed by atoms with Gasteiger partial charge in [-0.05, 0) is 80.2 Å². The van der Waals surface area contributed by atoms with Crippen molar-refractivity contribution in [2.75, 3.05) is 31.0 Å². The van der Waals surface area contributed by atoms with E-state index in [1.807, 2.05) is 46.1 Å². The van der Waals surface area contributed by atoms with Gasteiger partial charge in [0.2, 0.25) is 0 Å². The number of ether oxygens (including phenoxy) is 1. The number of anilines is 2. The van der Waals surface area contributed by atoms with Gasteiger partial charge in [-0.15, -0.1) is 0 Å². The SMILES string of the molecule is COc1cc([N+](=O)[O-])ccc1-n1c(C)cc(C2C(c3ccccn3)NC(=S)N2c2ccc(N(C)C)cc2)c1C. The molecule has 1 N–H and O–H groups in total. The zero-order valence-corrected chi connectivity index (χ0v) is 23.3. The van der Waals surface area contributed by atoms with Crippen LogP contribution in [0.25, 0.3) is 5.69 Å². The minimum Gasteiger partial charge on any atom is -0.494 e. The number of nitrogens with one attached hydrogen (secondary N) is 1. The van der Waals surface area contributed by atoms with Gasteiger partial charge in [0, 0.05) is 49.1 Å². The molecule has 0 radical (unpaired) electrons. The first-order valence-electron chi connectivity index (χ1n) is 12.5. The molecule has 1 aliphatic heterocycles. The van der Waals surface area contributed by atoms with Crippen LogP contribution in [0.5, 0.6) is 5.75 Å². The standard InChI is InChI=1S/C29H30N6O3S/c1-18-16-23(19(2)33(18)25-14-13-22(35(36)37)17-26(25)38-5)28-27(24-8-6-7-15-30-24)31-29(39)34(28)21-11-9-20(10-12-21)32(3)4/h6-17,27-28H,1-5H3,(H,31,39). The van der Waals surface area contributed by atoms with E-state index in [0.717, 1.165) is 39.7 Å². The molecule has 2 aromatic heterocycles. The third-order valence-electron chi connectivity index (χ3n) is 7.15. The Morgan fingerprint density at radius 3 is 2.44 bits per heavy atom. The molecule has 2 aromatic carbocycles. The zero-order chi connectivity index (χ0) is 27.8. The highest BCUT2D eigenvalue weighted by Crippen LogP contribution is 2.44. The summed E-state index contributed by atoms with van der Waals surface area (Å²) in [6.45, 7) is 4.07. The molecule has 0 aliphatic carbocycles. The van der Waals surface area contributed by atoms with Crippen molar-refractivity contribution >= 4 is 34.4 Å². The Morgan fingerprint density at radius 2 is 1.82 bits per heavy atom. The van der Waals surface area contributed by atoms with E-state index in [2.05, 4.69) is 55.0 Å². The minimum absolute atomic E-state index is 0.0220. The summed E-state index contributed by atoms with van der Waals surface area (Å²) >= 11 is 5.90. The number of thiocarbonyl (C=S) groups is 1. The van der Waals surface area contributed by atoms with E-state index in [4.69, 9.17) is 17.0 Å². The predicted molar refractivity (Wildman–Crippen MR) is 157 cm³/mol. The molecule has 200 valence electrons. The zero-order valence-electron chi connectivity index (χ0n) is 22.5. The van der Waals surface area contributed by atoms with E-state index < -0.39 is 4.92 Å². The lowest BCUT2D eigenvalue weighted by molar-refractivity contribution is -0.384. The molecule has 0 bridgehead atoms. The molecule has 2 atom stereocenters. The van der Waals surface area contributed by atoms with Crippen LogP contribution in [0, 0.1) is 24.0 Å². The van der Waals surface area contributed by atoms with Crippen LogP contribution in [0.4, 0.5) is 17.1 Å². The van der Waals surface area contributed by atoms with Crippen LogP contribution < -0.4 is 19.9 Å². The molecule has 0 amide bonds. The summed E-state index contributed by atoms with van der Waals surface area (Å²) in [4.78, 5) is 19.8. The lowest BCUT2D eigenvalue weighted by atomic mass is 9.96. The third kappa shape index (κ3) is 4.67. The smallest absolute Gasteiger partial charge is 0.273 e. The first-order chi connectivity index (χ1) is 18.7. The molecule has 9 nitrogen and oxygen atoms in total. The van der Waals surface area contributed by atoms with E-state index in [9.17, 15) is 10.1 Å². The van der Waals surface area contributed by atoms with Crippen LogP contribution in [0.15, 0.2) is 72.9 Å². The van der Waals surface area contributed by atoms with Crippen LogP contribution in [-0.2, 0) is 0 Å². The maximum absolute atomic E-state index is 11.4. The Hall–Kier alpha value is -4.44. The van der Waals surface area contributed by atoms with E-state index in [0.29, 0.717) is 10.9 Å². The van der Waals surface area contributed by atoms with Crippen molar-refractivity contribution in [1.29, 1.82) is 0 Å². The van der Waals surface area contributed by atoms with Gasteiger partial charge in [0.15, 0.2) is 5.11 Å². The first kappa shape index (κ1) is 26.2. The number of nitro benzene ring substituents is 1. The van der Waals surface area contributed by atoms with Gasteiger partial charge >= 0.3 is 0 Å². The monoisotopic (exact) mass is 542 g/mol. The summed E-state index contributed by atoms with van der Waals surface area (Å²) in [5.74, 6) is 0.426. The van der Waals surface area contributed by atoms with Crippen molar-refractivity contribution in [2.24, 2.45) is 0 Å². The maximum atomic E-state index is 11.4. The molecular weight excluding hydrogens is 512 g/mol. The largest absolute Gasteiger partial charge is 0.494 e. The molecule has 0 saturated carbocycles. The number of rotatable bonds is 7. The number of nitrogens with zero attached hydrogens (tertiary/aromatic N) is 5. The number of hydrogen-bond acceptors (Lipinski definition) is 6. The number of methoxy groups -OCH3 is 1. The summed E-state index contributed by atoms with van der Waals surface area (Å²) in [5.41, 5.74) is 6.67. The van der Waals surface area contributed by atoms with Crippen LogP contribution in [0.1, 0.15) is 34.7 Å². The molecule has 0 spiro atoms. The van der Waals surface area contributed by atoms with E-state index in [1.54, 1.807) is 12.3 Å². The summed E-state index contributed by atoms with van der Waals surface area (Å²) in [5, 5.41) is 15.5. The summed E-state index contributed by atoms with van der Waals surface area (Å²) in [6.07, 6.45) is 1.79. The van der Waals surface area contributed by atoms with Gasteiger partial charge < -0.3 is 24.4 Å². The minimum atomic E-state index is -0.421. The normalized spacial score (nSPS) is 16.7. The average molecular weight is 543 g/mol. The van der Waals surface area contributed by atoms with Crippen LogP contribution in [0.3, 0.4) is 0 Å². The molecule has 5 rings (SSSR count). The average Bonchev–Trinajstić information content (AvgIpc) is 3.43. The van der Waals surface area contributed by atoms with Crippen molar-refractivity contribution in [2.45, 2.75) is 25.9 Å². The van der Waals surface area contributed by atoms with Gasteiger partial charge in [0.25, 0.3) is 5.69 Å². The number of hydrogen-bond donors (Lipinski definition) is 1. The number of benzene rings is 2. The van der Waals surface area contributed by atoms with Gasteiger partial charge in [-0.2, -0.15) is 0 Å². The second-order valence-corrected chi connectivity index (χ2v) is 10.1. The Morgan fingerprint density at radius 1 is 1.08 bits per heavy atom. The highest BCUT2D eigenvalue weighted by molar-refractivity contribution is 7.80. The number of non-ortho nitro benzene ring substituents is 1. The predicted octanol–water partition coefficient (Wildman–Crippen LogP) is 5.65. The fraction of sp³-hybridized carbons (Fsp3) is 0.241. The van der Waals surface area contributed by atoms with Crippen molar-refractivity contribution in [3.8, 4) is 11.4 Å². The van der Waals surface area contributed by atoms with E-state index in [-0.39, 0.29) is 17.8 Å². The Balaban J connectivity index is 1.66. The molecule has 10 heteroatoms. The molecule has 1 fully saturated rings. The number of aryl methyl sites for hydroxylation is 1. The van der Waals surface area contributed by atoms with Gasteiger partial charge in [0.1, 0.15) is 5.75 Å². The summed E-state index contributed by atoms with van der Waals surface area (Å²) < 4.78 is 7.65. The molecule has 4 aromatic rings. The Kier molecular flexibility index (Phi) is 6.96. The Labute approximate surface area is 232 Å². The van der Waals surface area contributed by atoms with Gasteiger partial charge in [-0.3, -0.25) is 15.1 Å². The van der Waals surface area contributed by atoms with Crippen molar-refractivity contribution in [3.63, 3.8) is 0 Å². The molecule has 39 heavy (non-hydrogen) atoms. The van der Waals surface area contributed by atoms with Crippen molar-refractivity contribution in [3.05, 3.63) is 106 Å². The Bertz CT molecular complexity index is 1530. The summed E-state index contributed by atoms with van der Waals surface area (Å²) in [7, 11) is 5.55. The van der Waals surface area contributed by atoms with E-state index in [1.165, 1.54) is 19.2 Å². The second kappa shape index (κ2) is 10.4. The number of nitro groups is 1. The maximum Gasteiger partial charge on any atom is 0.273 e. The molecular formula is C29H30N6O3S. The van der Waals surface area contributed by atoms with Crippen LogP contribution in [-0.4, -0.2) is 40.8 Å². The molecule has 1 saturated heterocycles. The number of pyridine rings is 1. The quantitative estimate of drug-likeness (QED) is 0.182. The molecule has 3 heterocycles. The van der Waals surface area contributed by atoms with Crippen LogP contribution >= 0.6 is 12.2 Å². The van der Waals surface area contributed by atoms with Gasteiger partial charge in [0.05, 0.1) is 41.6 Å². The topological polar surface area (TPSA) is 88.7 Å². The van der Waals surface area contributed by atoms with Crippen molar-refractivity contribution in [1.82, 2.24) is 14.9 Å². The van der Waals surface area contributed by atoms with Crippen molar-refractivity contribution < 1.29 is 9.66 Å². The second-order valence-electron chi connectivity index (χ2n) is 9.68. The highest BCUT2D eigenvalue weighted by Gasteiger charge is 2.42. The van der Waals surface area contributed by atoms with Crippen LogP contribution in [0.2, 0.25) is 0 Å². The first-order valence-corrected chi connectivity index (χ1v) is 12.9. The fourth-order valence-corrected chi connectivity index (χ4v) is 5.63. The fourth-order valence-electron chi connectivity index (χ4n) is 5.28. The third-order valence-corrected chi connectivity index (χ3v) is 7.46. The highest BCUT2D eigenvalue weighted by atomic mass is 32.1. The lowest BCUT2D eigenvalue weighted by Crippen LogP contribution is -2.29. The van der Waals surface area contributed by atoms with Gasteiger partial charge in [-0.1, -0.05) is 6.07 Å². The summed E-state index contributed by atoms with van der Waals surface area (Å²) in [6, 6.07) is 20.6. The van der Waals surface area contributed by atoms with Gasteiger partial charge in [-0.25, -0.2) is 0 Å². The molecule has 1 aliphatic rings. The molecule has 2 unspecified atom stereocenters. The number of aromatic nitrogens is 2. The van der Waals surface area contributed by atoms with E-state index >= 15 is 0 Å². The lowest BCUT2D eigenvalue weighted by Gasteiger charge is -2.28.